The van der Waals surface area contributed by atoms with Crippen molar-refractivity contribution in [1.82, 2.24) is 0 Å². The molecule has 0 atom stereocenters. The summed E-state index contributed by atoms with van der Waals surface area (Å²) in [4.78, 5) is 15.6. The van der Waals surface area contributed by atoms with Crippen molar-refractivity contribution in [2.75, 3.05) is 5.32 Å². The van der Waals surface area contributed by atoms with Crippen molar-refractivity contribution < 1.29 is 9.90 Å². The minimum Gasteiger partial charge on any atom is -0.871 e. The highest BCUT2D eigenvalue weighted by molar-refractivity contribution is 6.32. The Labute approximate surface area is 111 Å². The van der Waals surface area contributed by atoms with Crippen LogP contribution in [0.3, 0.4) is 0 Å². The fourth-order valence-electron chi connectivity index (χ4n) is 1.57. The van der Waals surface area contributed by atoms with E-state index in [1.54, 1.807) is 18.2 Å². The molecule has 0 heterocycles. The molecule has 0 spiro atoms. The van der Waals surface area contributed by atoms with E-state index in [1.165, 1.54) is 6.07 Å². The predicted molar refractivity (Wildman–Crippen MR) is 73.8 cm³/mol. The zero-order chi connectivity index (χ0) is 13.7. The Bertz CT molecular complexity index is 621. The summed E-state index contributed by atoms with van der Waals surface area (Å²) in [7, 11) is 0. The monoisotopic (exact) mass is 253 g/mol. The van der Waals surface area contributed by atoms with Gasteiger partial charge in [-0.25, -0.2) is 0 Å². The number of hydrogen-bond acceptors (Lipinski definition) is 3. The standard InChI is InChI=1S/C15H14N2O2/c1-11-6-2-3-7-12(11)17-15(19)10-16-13-8-4-5-9-14(13)18/h2-10,18H,1H3,(H,17,19)/p-1. The summed E-state index contributed by atoms with van der Waals surface area (Å²) in [6.07, 6.45) is 1.11. The summed E-state index contributed by atoms with van der Waals surface area (Å²) in [5.74, 6) is -0.569. The summed E-state index contributed by atoms with van der Waals surface area (Å²) in [5.41, 5.74) is 1.95. The maximum absolute atomic E-state index is 11.7. The minimum atomic E-state index is -0.363. The summed E-state index contributed by atoms with van der Waals surface area (Å²) in [5, 5.41) is 14.1. The van der Waals surface area contributed by atoms with E-state index in [0.29, 0.717) is 0 Å². The van der Waals surface area contributed by atoms with Crippen LogP contribution in [0.25, 0.3) is 0 Å². The van der Waals surface area contributed by atoms with Gasteiger partial charge >= 0.3 is 0 Å². The van der Waals surface area contributed by atoms with Crippen molar-refractivity contribution in [1.29, 1.82) is 0 Å². The number of carbonyl (C=O) groups is 1. The van der Waals surface area contributed by atoms with E-state index in [2.05, 4.69) is 10.3 Å². The molecule has 0 aliphatic rings. The maximum Gasteiger partial charge on any atom is 0.266 e. The molecule has 4 heteroatoms. The van der Waals surface area contributed by atoms with Gasteiger partial charge < -0.3 is 10.4 Å². The van der Waals surface area contributed by atoms with Crippen LogP contribution in [-0.4, -0.2) is 12.1 Å². The maximum atomic E-state index is 11.7. The lowest BCUT2D eigenvalue weighted by Gasteiger charge is -2.08. The van der Waals surface area contributed by atoms with Crippen LogP contribution in [0.15, 0.2) is 53.5 Å². The Hall–Kier alpha value is -2.62. The number of aliphatic imine (C=N–C) groups is 1. The third-order valence-electron chi connectivity index (χ3n) is 2.59. The second-order valence-corrected chi connectivity index (χ2v) is 4.03. The summed E-state index contributed by atoms with van der Waals surface area (Å²) >= 11 is 0. The molecule has 0 saturated heterocycles. The SMILES string of the molecule is Cc1ccccc1NC(=O)C=Nc1ccccc1[O-]. The molecule has 96 valence electrons. The number of anilines is 1. The first kappa shape index (κ1) is 12.8. The van der Waals surface area contributed by atoms with E-state index in [0.717, 1.165) is 17.5 Å². The average Bonchev–Trinajstić information content (AvgIpc) is 2.40. The van der Waals surface area contributed by atoms with Crippen LogP contribution < -0.4 is 10.4 Å². The van der Waals surface area contributed by atoms with E-state index in [9.17, 15) is 9.90 Å². The van der Waals surface area contributed by atoms with E-state index in [4.69, 9.17) is 0 Å². The molecular weight excluding hydrogens is 240 g/mol. The zero-order valence-corrected chi connectivity index (χ0v) is 10.5. The summed E-state index contributed by atoms with van der Waals surface area (Å²) in [6, 6.07) is 13.8. The van der Waals surface area contributed by atoms with E-state index in [1.807, 2.05) is 31.2 Å². The van der Waals surface area contributed by atoms with Crippen LogP contribution in [0, 0.1) is 6.92 Å². The Morgan fingerprint density at radius 1 is 1.16 bits per heavy atom. The van der Waals surface area contributed by atoms with Crippen LogP contribution in [0.2, 0.25) is 0 Å². The van der Waals surface area contributed by atoms with Crippen molar-refractivity contribution >= 4 is 23.5 Å². The van der Waals surface area contributed by atoms with E-state index < -0.39 is 0 Å². The molecule has 0 unspecified atom stereocenters. The number of amides is 1. The Balaban J connectivity index is 2.06. The molecule has 0 aromatic heterocycles. The molecule has 0 radical (unpaired) electrons. The van der Waals surface area contributed by atoms with E-state index in [-0.39, 0.29) is 17.3 Å². The number of rotatable bonds is 3. The fraction of sp³-hybridized carbons (Fsp3) is 0.0667. The largest absolute Gasteiger partial charge is 0.871 e. The van der Waals surface area contributed by atoms with Gasteiger partial charge in [0, 0.05) is 5.69 Å². The lowest BCUT2D eigenvalue weighted by molar-refractivity contribution is -0.267. The summed E-state index contributed by atoms with van der Waals surface area (Å²) in [6.45, 7) is 1.90. The van der Waals surface area contributed by atoms with Gasteiger partial charge in [-0.15, -0.1) is 0 Å². The number of para-hydroxylation sites is 3. The van der Waals surface area contributed by atoms with Gasteiger partial charge in [-0.1, -0.05) is 42.1 Å². The first-order valence-electron chi connectivity index (χ1n) is 5.83. The number of hydrogen-bond donors (Lipinski definition) is 1. The van der Waals surface area contributed by atoms with Gasteiger partial charge in [0.2, 0.25) is 0 Å². The third-order valence-corrected chi connectivity index (χ3v) is 2.59. The van der Waals surface area contributed by atoms with Crippen molar-refractivity contribution in [2.24, 2.45) is 4.99 Å². The van der Waals surface area contributed by atoms with Gasteiger partial charge in [-0.05, 0) is 24.6 Å². The van der Waals surface area contributed by atoms with Gasteiger partial charge in [0.25, 0.3) is 5.91 Å². The molecule has 0 aliphatic carbocycles. The van der Waals surface area contributed by atoms with Gasteiger partial charge in [0.05, 0.1) is 11.9 Å². The third kappa shape index (κ3) is 3.42. The van der Waals surface area contributed by atoms with Gasteiger partial charge in [-0.2, -0.15) is 0 Å². The smallest absolute Gasteiger partial charge is 0.266 e. The molecule has 4 nitrogen and oxygen atoms in total. The van der Waals surface area contributed by atoms with Crippen LogP contribution >= 0.6 is 0 Å². The topological polar surface area (TPSA) is 64.5 Å². The lowest BCUT2D eigenvalue weighted by atomic mass is 10.2. The highest BCUT2D eigenvalue weighted by atomic mass is 16.3. The van der Waals surface area contributed by atoms with Crippen LogP contribution in [0.4, 0.5) is 11.4 Å². The van der Waals surface area contributed by atoms with Gasteiger partial charge in [0.15, 0.2) is 0 Å². The van der Waals surface area contributed by atoms with Crippen LogP contribution in [-0.2, 0) is 4.79 Å². The second-order valence-electron chi connectivity index (χ2n) is 4.03. The molecule has 0 fully saturated rings. The molecule has 1 amide bonds. The zero-order valence-electron chi connectivity index (χ0n) is 10.5. The van der Waals surface area contributed by atoms with Gasteiger partial charge in [0.1, 0.15) is 0 Å². The first-order valence-corrected chi connectivity index (χ1v) is 5.83. The van der Waals surface area contributed by atoms with Crippen molar-refractivity contribution in [3.8, 4) is 5.75 Å². The molecule has 0 aliphatic heterocycles. The molecule has 0 bridgehead atoms. The predicted octanol–water partition coefficient (Wildman–Crippen LogP) is 2.41. The number of carbonyl (C=O) groups excluding carboxylic acids is 1. The van der Waals surface area contributed by atoms with Crippen molar-refractivity contribution in [3.63, 3.8) is 0 Å². The Morgan fingerprint density at radius 3 is 2.58 bits per heavy atom. The van der Waals surface area contributed by atoms with Gasteiger partial charge in [-0.3, -0.25) is 9.79 Å². The number of benzene rings is 2. The minimum absolute atomic E-state index is 0.206. The number of nitrogens with zero attached hydrogens (tertiary/aromatic N) is 1. The summed E-state index contributed by atoms with van der Waals surface area (Å²) < 4.78 is 0. The fourth-order valence-corrected chi connectivity index (χ4v) is 1.57. The van der Waals surface area contributed by atoms with Crippen LogP contribution in [0.1, 0.15) is 5.56 Å². The lowest BCUT2D eigenvalue weighted by Crippen LogP contribution is -2.13. The van der Waals surface area contributed by atoms with E-state index >= 15 is 0 Å². The van der Waals surface area contributed by atoms with Crippen molar-refractivity contribution in [3.05, 3.63) is 54.1 Å². The van der Waals surface area contributed by atoms with Crippen LogP contribution in [0.5, 0.6) is 5.75 Å². The quantitative estimate of drug-likeness (QED) is 0.854. The normalized spacial score (nSPS) is 10.6. The highest BCUT2D eigenvalue weighted by Gasteiger charge is 2.00. The Kier molecular flexibility index (Phi) is 3.93. The molecule has 2 aromatic rings. The molecule has 19 heavy (non-hydrogen) atoms. The molecular formula is C15H13N2O2-. The number of nitrogens with one attached hydrogen (secondary N) is 1. The molecule has 1 N–H and O–H groups in total. The molecule has 2 rings (SSSR count). The molecule has 2 aromatic carbocycles. The second kappa shape index (κ2) is 5.82. The average molecular weight is 253 g/mol. The Morgan fingerprint density at radius 2 is 1.84 bits per heavy atom. The molecule has 0 saturated carbocycles. The first-order chi connectivity index (χ1) is 9.16. The van der Waals surface area contributed by atoms with Crippen molar-refractivity contribution in [2.45, 2.75) is 6.92 Å². The number of aryl methyl sites for hydroxylation is 1. The highest BCUT2D eigenvalue weighted by Crippen LogP contribution is 2.21.